The molecule has 162 valence electrons. The van der Waals surface area contributed by atoms with Crippen LogP contribution in [-0.4, -0.2) is 47.0 Å². The van der Waals surface area contributed by atoms with E-state index in [0.29, 0.717) is 18.8 Å². The number of benzene rings is 2. The van der Waals surface area contributed by atoms with Gasteiger partial charge < -0.3 is 9.64 Å². The summed E-state index contributed by atoms with van der Waals surface area (Å²) in [6, 6.07) is 12.9. The van der Waals surface area contributed by atoms with Crippen LogP contribution in [-0.2, 0) is 11.0 Å². The number of amides is 1. The molecule has 0 radical (unpaired) electrons. The number of hydrogen-bond donors (Lipinski definition) is 0. The van der Waals surface area contributed by atoms with Gasteiger partial charge in [-0.25, -0.2) is 4.98 Å². The molecule has 0 atom stereocenters. The summed E-state index contributed by atoms with van der Waals surface area (Å²) in [4.78, 5) is 18.7. The van der Waals surface area contributed by atoms with Gasteiger partial charge >= 0.3 is 6.18 Å². The van der Waals surface area contributed by atoms with Crippen LogP contribution in [0.3, 0.4) is 0 Å². The van der Waals surface area contributed by atoms with Crippen molar-refractivity contribution in [2.75, 3.05) is 31.2 Å². The molecule has 31 heavy (non-hydrogen) atoms. The summed E-state index contributed by atoms with van der Waals surface area (Å²) in [5, 5.41) is -0.132. The van der Waals surface area contributed by atoms with E-state index in [1.807, 2.05) is 31.2 Å². The Labute approximate surface area is 182 Å². The minimum atomic E-state index is -4.57. The van der Waals surface area contributed by atoms with Gasteiger partial charge in [-0.3, -0.25) is 4.79 Å². The molecule has 2 heterocycles. The molecule has 0 unspecified atom stereocenters. The van der Waals surface area contributed by atoms with Crippen LogP contribution in [0.15, 0.2) is 48.5 Å². The molecule has 1 fully saturated rings. The highest BCUT2D eigenvalue weighted by Gasteiger charge is 2.34. The summed E-state index contributed by atoms with van der Waals surface area (Å²) in [5.41, 5.74) is 1.65. The summed E-state index contributed by atoms with van der Waals surface area (Å²) in [5.74, 6) is 1.47. The standard InChI is InChI=1S/C23H21F3N2O2S/c1-15-5-7-16(8-6-15)19-13-20(30-14-21(29)28-9-11-31-12-10-28)22-17(23(24,25)26)3-2-4-18(22)27-19/h2-8,13H,9-12,14H2,1H3. The largest absolute Gasteiger partial charge is 0.483 e. The van der Waals surface area contributed by atoms with Crippen LogP contribution in [0.5, 0.6) is 5.75 Å². The van der Waals surface area contributed by atoms with Gasteiger partial charge in [0.05, 0.1) is 22.2 Å². The van der Waals surface area contributed by atoms with Crippen LogP contribution in [0.2, 0.25) is 0 Å². The molecule has 4 rings (SSSR count). The van der Waals surface area contributed by atoms with Crippen LogP contribution >= 0.6 is 11.8 Å². The van der Waals surface area contributed by atoms with Crippen LogP contribution in [0.1, 0.15) is 11.1 Å². The normalized spacial score (nSPS) is 14.6. The minimum Gasteiger partial charge on any atom is -0.483 e. The van der Waals surface area contributed by atoms with E-state index in [2.05, 4.69) is 4.98 Å². The van der Waals surface area contributed by atoms with E-state index in [9.17, 15) is 18.0 Å². The molecule has 1 aliphatic heterocycles. The first-order valence-electron chi connectivity index (χ1n) is 9.89. The van der Waals surface area contributed by atoms with E-state index in [1.54, 1.807) is 16.7 Å². The second-order valence-corrected chi connectivity index (χ2v) is 8.58. The van der Waals surface area contributed by atoms with Gasteiger partial charge in [0.25, 0.3) is 5.91 Å². The van der Waals surface area contributed by atoms with E-state index in [4.69, 9.17) is 4.74 Å². The Morgan fingerprint density at radius 1 is 1.13 bits per heavy atom. The topological polar surface area (TPSA) is 42.4 Å². The Bertz CT molecular complexity index is 1090. The van der Waals surface area contributed by atoms with Gasteiger partial charge in [0.2, 0.25) is 0 Å². The van der Waals surface area contributed by atoms with Crippen molar-refractivity contribution in [2.45, 2.75) is 13.1 Å². The fourth-order valence-electron chi connectivity index (χ4n) is 3.52. The van der Waals surface area contributed by atoms with E-state index < -0.39 is 11.7 Å². The lowest BCUT2D eigenvalue weighted by Crippen LogP contribution is -2.40. The summed E-state index contributed by atoms with van der Waals surface area (Å²) in [7, 11) is 0. The van der Waals surface area contributed by atoms with Crippen molar-refractivity contribution in [3.8, 4) is 17.0 Å². The fourth-order valence-corrected chi connectivity index (χ4v) is 4.42. The molecule has 1 amide bonds. The number of halogens is 3. The lowest BCUT2D eigenvalue weighted by Gasteiger charge is -2.26. The number of nitrogens with zero attached hydrogens (tertiary/aromatic N) is 2. The molecule has 1 aromatic heterocycles. The summed E-state index contributed by atoms with van der Waals surface area (Å²) >= 11 is 1.77. The number of carbonyl (C=O) groups is 1. The van der Waals surface area contributed by atoms with Crippen LogP contribution in [0, 0.1) is 6.92 Å². The predicted molar refractivity (Wildman–Crippen MR) is 116 cm³/mol. The average molecular weight is 446 g/mol. The van der Waals surface area contributed by atoms with Crippen molar-refractivity contribution >= 4 is 28.6 Å². The van der Waals surface area contributed by atoms with E-state index in [-0.39, 0.29) is 29.2 Å². The zero-order chi connectivity index (χ0) is 22.0. The van der Waals surface area contributed by atoms with Gasteiger partial charge in [0.1, 0.15) is 5.75 Å². The first kappa shape index (κ1) is 21.5. The van der Waals surface area contributed by atoms with Gasteiger partial charge in [0.15, 0.2) is 6.61 Å². The maximum absolute atomic E-state index is 13.7. The highest BCUT2D eigenvalue weighted by molar-refractivity contribution is 7.99. The molecule has 0 aliphatic carbocycles. The molecule has 3 aromatic rings. The maximum atomic E-state index is 13.7. The second-order valence-electron chi connectivity index (χ2n) is 7.35. The molecule has 1 aliphatic rings. The maximum Gasteiger partial charge on any atom is 0.417 e. The monoisotopic (exact) mass is 446 g/mol. The van der Waals surface area contributed by atoms with E-state index >= 15 is 0 Å². The summed E-state index contributed by atoms with van der Waals surface area (Å²) in [6.45, 7) is 2.87. The number of ether oxygens (including phenoxy) is 1. The van der Waals surface area contributed by atoms with Gasteiger partial charge in [-0.05, 0) is 19.1 Å². The lowest BCUT2D eigenvalue weighted by molar-refractivity contribution is -0.136. The molecule has 0 bridgehead atoms. The Kier molecular flexibility index (Phi) is 6.09. The smallest absolute Gasteiger partial charge is 0.417 e. The van der Waals surface area contributed by atoms with Crippen LogP contribution in [0.25, 0.3) is 22.2 Å². The van der Waals surface area contributed by atoms with Crippen molar-refractivity contribution in [1.29, 1.82) is 0 Å². The minimum absolute atomic E-state index is 0.00762. The Morgan fingerprint density at radius 2 is 1.84 bits per heavy atom. The zero-order valence-electron chi connectivity index (χ0n) is 16.9. The number of aryl methyl sites for hydroxylation is 1. The molecule has 1 saturated heterocycles. The van der Waals surface area contributed by atoms with Crippen molar-refractivity contribution in [2.24, 2.45) is 0 Å². The van der Waals surface area contributed by atoms with Crippen molar-refractivity contribution in [3.05, 3.63) is 59.7 Å². The summed E-state index contributed by atoms with van der Waals surface area (Å²) < 4.78 is 46.8. The number of alkyl halides is 3. The van der Waals surface area contributed by atoms with Crippen molar-refractivity contribution < 1.29 is 22.7 Å². The van der Waals surface area contributed by atoms with Crippen molar-refractivity contribution in [1.82, 2.24) is 9.88 Å². The Balaban J connectivity index is 1.75. The molecule has 2 aromatic carbocycles. The van der Waals surface area contributed by atoms with Gasteiger partial charge in [0, 0.05) is 36.2 Å². The van der Waals surface area contributed by atoms with E-state index in [1.165, 1.54) is 18.2 Å². The predicted octanol–water partition coefficient (Wildman–Crippen LogP) is 5.18. The van der Waals surface area contributed by atoms with Gasteiger partial charge in [-0.2, -0.15) is 24.9 Å². The highest BCUT2D eigenvalue weighted by Crippen LogP contribution is 2.40. The number of aromatic nitrogens is 1. The van der Waals surface area contributed by atoms with Crippen LogP contribution < -0.4 is 4.74 Å². The Hall–Kier alpha value is -2.74. The molecule has 0 spiro atoms. The SMILES string of the molecule is Cc1ccc(-c2cc(OCC(=O)N3CCSCC3)c3c(C(F)(F)F)cccc3n2)cc1. The fraction of sp³-hybridized carbons (Fsp3) is 0.304. The number of thioether (sulfide) groups is 1. The number of hydrogen-bond acceptors (Lipinski definition) is 4. The first-order valence-corrected chi connectivity index (χ1v) is 11.0. The summed E-state index contributed by atoms with van der Waals surface area (Å²) in [6.07, 6.45) is -4.57. The molecular formula is C23H21F3N2O2S. The molecule has 0 N–H and O–H groups in total. The average Bonchev–Trinajstić information content (AvgIpc) is 2.77. The van der Waals surface area contributed by atoms with Crippen molar-refractivity contribution in [3.63, 3.8) is 0 Å². The number of fused-ring (bicyclic) bond motifs is 1. The number of carbonyl (C=O) groups excluding carboxylic acids is 1. The van der Waals surface area contributed by atoms with E-state index in [0.717, 1.165) is 28.7 Å². The quantitative estimate of drug-likeness (QED) is 0.554. The number of rotatable bonds is 4. The first-order chi connectivity index (χ1) is 14.8. The third-order valence-corrected chi connectivity index (χ3v) is 6.11. The molecule has 8 heteroatoms. The number of pyridine rings is 1. The van der Waals surface area contributed by atoms with Crippen LogP contribution in [0.4, 0.5) is 13.2 Å². The van der Waals surface area contributed by atoms with Gasteiger partial charge in [-0.15, -0.1) is 0 Å². The lowest BCUT2D eigenvalue weighted by atomic mass is 10.0. The molecule has 0 saturated carbocycles. The molecular weight excluding hydrogens is 425 g/mol. The molecule has 4 nitrogen and oxygen atoms in total. The second kappa shape index (κ2) is 8.78. The third kappa shape index (κ3) is 4.79. The Morgan fingerprint density at radius 3 is 2.52 bits per heavy atom. The van der Waals surface area contributed by atoms with Gasteiger partial charge in [-0.1, -0.05) is 35.9 Å². The highest BCUT2D eigenvalue weighted by atomic mass is 32.2. The third-order valence-electron chi connectivity index (χ3n) is 5.17. The zero-order valence-corrected chi connectivity index (χ0v) is 17.7.